The van der Waals surface area contributed by atoms with Crippen molar-refractivity contribution >= 4 is 11.9 Å². The lowest BCUT2D eigenvalue weighted by molar-refractivity contribution is -0.140. The van der Waals surface area contributed by atoms with Crippen LogP contribution in [0.2, 0.25) is 0 Å². The van der Waals surface area contributed by atoms with Gasteiger partial charge in [0, 0.05) is 19.6 Å². The normalized spacial score (nSPS) is 12.1. The van der Waals surface area contributed by atoms with E-state index in [1.54, 1.807) is 6.92 Å². The molecule has 17 heavy (non-hydrogen) atoms. The van der Waals surface area contributed by atoms with Crippen LogP contribution in [-0.4, -0.2) is 42.8 Å². The van der Waals surface area contributed by atoms with E-state index < -0.39 is 12.1 Å². The highest BCUT2D eigenvalue weighted by Gasteiger charge is 2.14. The van der Waals surface area contributed by atoms with Crippen molar-refractivity contribution in [3.63, 3.8) is 0 Å². The molecule has 0 saturated heterocycles. The minimum absolute atomic E-state index is 0.0893. The van der Waals surface area contributed by atoms with Gasteiger partial charge in [-0.05, 0) is 26.3 Å². The van der Waals surface area contributed by atoms with Crippen LogP contribution in [0.15, 0.2) is 0 Å². The van der Waals surface area contributed by atoms with Crippen LogP contribution in [0.1, 0.15) is 32.6 Å². The molecule has 0 rings (SSSR count). The molecule has 0 aliphatic carbocycles. The molecule has 4 N–H and O–H groups in total. The van der Waals surface area contributed by atoms with Gasteiger partial charge in [0.25, 0.3) is 0 Å². The number of ether oxygens (including phenoxy) is 1. The third-order valence-electron chi connectivity index (χ3n) is 2.19. The Labute approximate surface area is 102 Å². The summed E-state index contributed by atoms with van der Waals surface area (Å²) in [6, 6.07) is 0. The molecule has 6 nitrogen and oxygen atoms in total. The number of hydrogen-bond donors (Lipinski definition) is 3. The molecule has 1 unspecified atom stereocenters. The fraction of sp³-hybridized carbons (Fsp3) is 0.818. The Kier molecular flexibility index (Phi) is 9.37. The van der Waals surface area contributed by atoms with Gasteiger partial charge in [-0.3, -0.25) is 9.59 Å². The van der Waals surface area contributed by atoms with Crippen molar-refractivity contribution in [1.82, 2.24) is 5.32 Å². The minimum Gasteiger partial charge on any atom is -0.481 e. The van der Waals surface area contributed by atoms with E-state index in [-0.39, 0.29) is 18.9 Å². The zero-order valence-corrected chi connectivity index (χ0v) is 10.3. The lowest BCUT2D eigenvalue weighted by atomic mass is 10.2. The molecule has 0 aliphatic rings. The maximum Gasteiger partial charge on any atom is 0.306 e. The molecular weight excluding hydrogens is 224 g/mol. The quantitative estimate of drug-likeness (QED) is 0.475. The third-order valence-corrected chi connectivity index (χ3v) is 2.19. The number of aliphatic carboxylic acids is 1. The SMILES string of the molecule is CCOC(CNC(=O)CCCCN)CC(=O)O. The number of carbonyl (C=O) groups is 2. The van der Waals surface area contributed by atoms with Crippen molar-refractivity contribution in [2.24, 2.45) is 5.73 Å². The molecule has 0 saturated carbocycles. The number of carbonyl (C=O) groups excluding carboxylic acids is 1. The fourth-order valence-corrected chi connectivity index (χ4v) is 1.37. The summed E-state index contributed by atoms with van der Waals surface area (Å²) in [5, 5.41) is 11.3. The molecule has 0 aliphatic heterocycles. The molecule has 0 aromatic carbocycles. The Morgan fingerprint density at radius 2 is 2.12 bits per heavy atom. The number of amides is 1. The van der Waals surface area contributed by atoms with Gasteiger partial charge < -0.3 is 20.9 Å². The predicted octanol–water partition coefficient (Wildman–Crippen LogP) is 0.111. The van der Waals surface area contributed by atoms with Gasteiger partial charge >= 0.3 is 5.97 Å². The summed E-state index contributed by atoms with van der Waals surface area (Å²) in [6.07, 6.45) is 1.42. The van der Waals surface area contributed by atoms with E-state index in [2.05, 4.69) is 5.32 Å². The number of carboxylic acids is 1. The molecule has 0 spiro atoms. The molecule has 0 aromatic heterocycles. The van der Waals surface area contributed by atoms with Crippen LogP contribution in [0.3, 0.4) is 0 Å². The number of nitrogens with one attached hydrogen (secondary N) is 1. The molecule has 0 bridgehead atoms. The van der Waals surface area contributed by atoms with Crippen LogP contribution >= 0.6 is 0 Å². The first-order valence-corrected chi connectivity index (χ1v) is 5.90. The molecule has 100 valence electrons. The number of unbranched alkanes of at least 4 members (excludes halogenated alkanes) is 1. The van der Waals surface area contributed by atoms with Crippen LogP contribution in [0.25, 0.3) is 0 Å². The maximum atomic E-state index is 11.4. The van der Waals surface area contributed by atoms with Gasteiger partial charge in [0.1, 0.15) is 0 Å². The summed E-state index contributed by atoms with van der Waals surface area (Å²) in [5.74, 6) is -1.02. The van der Waals surface area contributed by atoms with Gasteiger partial charge in [-0.25, -0.2) is 0 Å². The van der Waals surface area contributed by atoms with E-state index in [1.165, 1.54) is 0 Å². The summed E-state index contributed by atoms with van der Waals surface area (Å²) in [5.41, 5.74) is 5.31. The highest BCUT2D eigenvalue weighted by Crippen LogP contribution is 1.99. The van der Waals surface area contributed by atoms with Gasteiger partial charge in [-0.2, -0.15) is 0 Å². The van der Waals surface area contributed by atoms with Crippen molar-refractivity contribution in [2.75, 3.05) is 19.7 Å². The second-order valence-electron chi connectivity index (χ2n) is 3.73. The Hall–Kier alpha value is -1.14. The standard InChI is InChI=1S/C11H22N2O4/c1-2-17-9(7-11(15)16)8-13-10(14)5-3-4-6-12/h9H,2-8,12H2,1H3,(H,13,14)(H,15,16). The molecule has 0 radical (unpaired) electrons. The van der Waals surface area contributed by atoms with E-state index in [9.17, 15) is 9.59 Å². The third kappa shape index (κ3) is 9.77. The second-order valence-corrected chi connectivity index (χ2v) is 3.73. The Balaban J connectivity index is 3.78. The molecule has 1 amide bonds. The molecule has 6 heteroatoms. The highest BCUT2D eigenvalue weighted by atomic mass is 16.5. The second kappa shape index (κ2) is 10.0. The fourth-order valence-electron chi connectivity index (χ4n) is 1.37. The van der Waals surface area contributed by atoms with E-state index in [0.717, 1.165) is 12.8 Å². The smallest absolute Gasteiger partial charge is 0.306 e. The first kappa shape index (κ1) is 15.9. The van der Waals surface area contributed by atoms with Gasteiger partial charge in [-0.1, -0.05) is 0 Å². The summed E-state index contributed by atoms with van der Waals surface area (Å²) >= 11 is 0. The Morgan fingerprint density at radius 1 is 1.41 bits per heavy atom. The van der Waals surface area contributed by atoms with Crippen molar-refractivity contribution < 1.29 is 19.4 Å². The topological polar surface area (TPSA) is 102 Å². The summed E-state index contributed by atoms with van der Waals surface area (Å²) in [7, 11) is 0. The van der Waals surface area contributed by atoms with Gasteiger partial charge in [0.2, 0.25) is 5.91 Å². The van der Waals surface area contributed by atoms with Crippen LogP contribution in [0.5, 0.6) is 0 Å². The van der Waals surface area contributed by atoms with E-state index in [0.29, 0.717) is 19.6 Å². The van der Waals surface area contributed by atoms with Crippen molar-refractivity contribution in [3.05, 3.63) is 0 Å². The average molecular weight is 246 g/mol. The van der Waals surface area contributed by atoms with Gasteiger partial charge in [0.05, 0.1) is 12.5 Å². The van der Waals surface area contributed by atoms with Crippen LogP contribution in [-0.2, 0) is 14.3 Å². The molecule has 0 aromatic rings. The molecular formula is C11H22N2O4. The summed E-state index contributed by atoms with van der Waals surface area (Å²) in [6.45, 7) is 3.04. The first-order chi connectivity index (χ1) is 8.10. The Bertz CT molecular complexity index is 234. The van der Waals surface area contributed by atoms with Gasteiger partial charge in [-0.15, -0.1) is 0 Å². The van der Waals surface area contributed by atoms with Crippen molar-refractivity contribution in [1.29, 1.82) is 0 Å². The average Bonchev–Trinajstić information content (AvgIpc) is 2.26. The van der Waals surface area contributed by atoms with Crippen LogP contribution in [0.4, 0.5) is 0 Å². The zero-order chi connectivity index (χ0) is 13.1. The molecule has 0 fully saturated rings. The molecule has 0 heterocycles. The minimum atomic E-state index is -0.930. The van der Waals surface area contributed by atoms with Crippen molar-refractivity contribution in [2.45, 2.75) is 38.7 Å². The highest BCUT2D eigenvalue weighted by molar-refractivity contribution is 5.76. The zero-order valence-electron chi connectivity index (χ0n) is 10.3. The number of rotatable bonds is 10. The lowest BCUT2D eigenvalue weighted by Crippen LogP contribution is -2.35. The molecule has 1 atom stereocenters. The number of nitrogens with two attached hydrogens (primary N) is 1. The largest absolute Gasteiger partial charge is 0.481 e. The lowest BCUT2D eigenvalue weighted by Gasteiger charge is -2.15. The van der Waals surface area contributed by atoms with Gasteiger partial charge in [0.15, 0.2) is 0 Å². The monoisotopic (exact) mass is 246 g/mol. The first-order valence-electron chi connectivity index (χ1n) is 5.90. The van der Waals surface area contributed by atoms with E-state index in [1.807, 2.05) is 0 Å². The van der Waals surface area contributed by atoms with Crippen LogP contribution in [0, 0.1) is 0 Å². The maximum absolute atomic E-state index is 11.4. The van der Waals surface area contributed by atoms with Crippen LogP contribution < -0.4 is 11.1 Å². The summed E-state index contributed by atoms with van der Waals surface area (Å²) in [4.78, 5) is 21.9. The number of hydrogen-bond acceptors (Lipinski definition) is 4. The Morgan fingerprint density at radius 3 is 2.65 bits per heavy atom. The summed E-state index contributed by atoms with van der Waals surface area (Å²) < 4.78 is 5.21. The number of carboxylic acid groups (broad SMARTS) is 1. The van der Waals surface area contributed by atoms with Crippen molar-refractivity contribution in [3.8, 4) is 0 Å². The van der Waals surface area contributed by atoms with E-state index in [4.69, 9.17) is 15.6 Å². The van der Waals surface area contributed by atoms with E-state index >= 15 is 0 Å². The predicted molar refractivity (Wildman–Crippen MR) is 63.6 cm³/mol.